The quantitative estimate of drug-likeness (QED) is 0.780. The van der Waals surface area contributed by atoms with E-state index >= 15 is 0 Å². The summed E-state index contributed by atoms with van der Waals surface area (Å²) in [5.74, 6) is 0. The maximum atomic E-state index is 13.1. The average molecular weight is 361 g/mol. The predicted molar refractivity (Wildman–Crippen MR) is 89.8 cm³/mol. The molecule has 26 heavy (non-hydrogen) atoms. The first kappa shape index (κ1) is 17.7. The molecule has 0 saturated heterocycles. The molecule has 3 aromatic rings. The fourth-order valence-electron chi connectivity index (χ4n) is 2.67. The van der Waals surface area contributed by atoms with Gasteiger partial charge in [0, 0.05) is 23.4 Å². The molecule has 0 fully saturated rings. The lowest BCUT2D eigenvalue weighted by Crippen LogP contribution is -2.21. The average Bonchev–Trinajstić information content (AvgIpc) is 2.59. The Morgan fingerprint density at radius 1 is 1.15 bits per heavy atom. The predicted octanol–water partition coefficient (Wildman–Crippen LogP) is 2.97. The molecule has 0 aliphatic heterocycles. The number of aromatic nitrogens is 3. The number of nitrogens with zero attached hydrogens (tertiary/aromatic N) is 2. The Balaban J connectivity index is 1.99. The molecule has 8 heteroatoms. The summed E-state index contributed by atoms with van der Waals surface area (Å²) in [4.78, 5) is 24.0. The maximum Gasteiger partial charge on any atom is 0.416 e. The highest BCUT2D eigenvalue weighted by Crippen LogP contribution is 2.32. The van der Waals surface area contributed by atoms with Crippen LogP contribution in [0.4, 0.5) is 13.2 Å². The van der Waals surface area contributed by atoms with Gasteiger partial charge in [0.2, 0.25) is 0 Å². The van der Waals surface area contributed by atoms with Gasteiger partial charge in [-0.1, -0.05) is 18.2 Å². The van der Waals surface area contributed by atoms with Crippen molar-refractivity contribution in [2.24, 2.45) is 0 Å². The van der Waals surface area contributed by atoms with Crippen LogP contribution in [0.25, 0.3) is 11.1 Å². The van der Waals surface area contributed by atoms with Crippen molar-refractivity contribution < 1.29 is 13.2 Å². The fourth-order valence-corrected chi connectivity index (χ4v) is 2.67. The van der Waals surface area contributed by atoms with Crippen LogP contribution < -0.4 is 11.1 Å². The first-order chi connectivity index (χ1) is 12.3. The molecule has 2 aromatic heterocycles. The minimum absolute atomic E-state index is 0.00357. The van der Waals surface area contributed by atoms with Gasteiger partial charge in [0.15, 0.2) is 0 Å². The highest BCUT2D eigenvalue weighted by Gasteiger charge is 2.32. The zero-order valence-electron chi connectivity index (χ0n) is 13.7. The minimum Gasteiger partial charge on any atom is -0.311 e. The van der Waals surface area contributed by atoms with E-state index in [4.69, 9.17) is 0 Å². The number of hydrogen-bond donors (Lipinski definition) is 1. The van der Waals surface area contributed by atoms with E-state index in [1.165, 1.54) is 41.2 Å². The van der Waals surface area contributed by atoms with E-state index in [1.54, 1.807) is 13.0 Å². The third-order valence-corrected chi connectivity index (χ3v) is 4.07. The summed E-state index contributed by atoms with van der Waals surface area (Å²) in [5.41, 5.74) is -0.237. The molecule has 0 spiro atoms. The van der Waals surface area contributed by atoms with Crippen LogP contribution in [-0.4, -0.2) is 14.8 Å². The van der Waals surface area contributed by atoms with Crippen molar-refractivity contribution in [2.75, 3.05) is 0 Å². The van der Waals surface area contributed by atoms with Gasteiger partial charge < -0.3 is 4.57 Å². The molecule has 0 unspecified atom stereocenters. The van der Waals surface area contributed by atoms with E-state index in [-0.39, 0.29) is 17.7 Å². The molecule has 0 aliphatic carbocycles. The van der Waals surface area contributed by atoms with Gasteiger partial charge in [-0.25, -0.2) is 5.10 Å². The number of benzene rings is 1. The van der Waals surface area contributed by atoms with E-state index in [0.29, 0.717) is 16.7 Å². The van der Waals surface area contributed by atoms with Crippen molar-refractivity contribution in [1.82, 2.24) is 14.8 Å². The van der Waals surface area contributed by atoms with Crippen LogP contribution in [0.2, 0.25) is 0 Å². The van der Waals surface area contributed by atoms with Crippen LogP contribution in [0, 0.1) is 6.92 Å². The Labute approximate surface area is 145 Å². The molecule has 0 aliphatic rings. The number of aromatic amines is 1. The second-order valence-corrected chi connectivity index (χ2v) is 5.77. The number of alkyl halides is 3. The van der Waals surface area contributed by atoms with Crippen molar-refractivity contribution >= 4 is 0 Å². The van der Waals surface area contributed by atoms with Crippen molar-refractivity contribution in [3.05, 3.63) is 86.2 Å². The molecule has 1 N–H and O–H groups in total. The van der Waals surface area contributed by atoms with Crippen molar-refractivity contribution in [3.8, 4) is 11.1 Å². The first-order valence-electron chi connectivity index (χ1n) is 7.67. The normalized spacial score (nSPS) is 11.5. The Morgan fingerprint density at radius 2 is 1.88 bits per heavy atom. The Hall–Kier alpha value is -3.16. The van der Waals surface area contributed by atoms with Gasteiger partial charge in [0.1, 0.15) is 0 Å². The van der Waals surface area contributed by atoms with Crippen LogP contribution in [0.15, 0.2) is 58.4 Å². The van der Waals surface area contributed by atoms with E-state index in [2.05, 4.69) is 10.2 Å². The third-order valence-electron chi connectivity index (χ3n) is 4.07. The number of halogens is 3. The highest BCUT2D eigenvalue weighted by atomic mass is 19.4. The number of H-pyrrole nitrogens is 1. The Morgan fingerprint density at radius 3 is 2.58 bits per heavy atom. The molecule has 1 aromatic carbocycles. The lowest BCUT2D eigenvalue weighted by atomic mass is 10.0. The summed E-state index contributed by atoms with van der Waals surface area (Å²) in [6, 6.07) is 7.98. The molecule has 5 nitrogen and oxygen atoms in total. The maximum absolute atomic E-state index is 13.1. The summed E-state index contributed by atoms with van der Waals surface area (Å²) in [5, 5.41) is 6.00. The van der Waals surface area contributed by atoms with Gasteiger partial charge >= 0.3 is 6.18 Å². The topological polar surface area (TPSA) is 67.8 Å². The fraction of sp³-hybridized carbons (Fsp3) is 0.167. The zero-order valence-corrected chi connectivity index (χ0v) is 13.7. The largest absolute Gasteiger partial charge is 0.416 e. The summed E-state index contributed by atoms with van der Waals surface area (Å²) in [6.07, 6.45) is -1.66. The summed E-state index contributed by atoms with van der Waals surface area (Å²) in [7, 11) is 0. The molecule has 134 valence electrons. The molecular formula is C18H14F3N3O2. The van der Waals surface area contributed by atoms with Gasteiger partial charge in [-0.15, -0.1) is 0 Å². The van der Waals surface area contributed by atoms with Gasteiger partial charge in [-0.3, -0.25) is 9.59 Å². The molecule has 0 saturated carbocycles. The standard InChI is InChI=1S/C18H14F3N3O2/c1-11-14(9-22-23-17(11)26)12-6-7-24(16(25)8-12)10-13-4-2-3-5-15(13)18(19,20)21/h2-9H,10H2,1H3,(H,23,26). The molecule has 2 heterocycles. The van der Waals surface area contributed by atoms with Crippen molar-refractivity contribution in [1.29, 1.82) is 0 Å². The van der Waals surface area contributed by atoms with E-state index in [0.717, 1.165) is 6.07 Å². The molecule has 0 bridgehead atoms. The van der Waals surface area contributed by atoms with E-state index in [1.807, 2.05) is 0 Å². The smallest absolute Gasteiger partial charge is 0.311 e. The van der Waals surface area contributed by atoms with Gasteiger partial charge in [0.25, 0.3) is 11.1 Å². The van der Waals surface area contributed by atoms with Gasteiger partial charge in [-0.05, 0) is 30.2 Å². The third kappa shape index (κ3) is 3.44. The highest BCUT2D eigenvalue weighted by molar-refractivity contribution is 5.64. The molecule has 0 atom stereocenters. The Bertz CT molecular complexity index is 1070. The second-order valence-electron chi connectivity index (χ2n) is 5.77. The molecule has 0 amide bonds. The lowest BCUT2D eigenvalue weighted by Gasteiger charge is -2.14. The molecular weight excluding hydrogens is 347 g/mol. The molecule has 0 radical (unpaired) electrons. The van der Waals surface area contributed by atoms with E-state index < -0.39 is 17.3 Å². The minimum atomic E-state index is -4.49. The van der Waals surface area contributed by atoms with Gasteiger partial charge in [0.05, 0.1) is 18.3 Å². The van der Waals surface area contributed by atoms with Gasteiger partial charge in [-0.2, -0.15) is 18.3 Å². The second kappa shape index (κ2) is 6.62. The monoisotopic (exact) mass is 361 g/mol. The number of pyridine rings is 1. The van der Waals surface area contributed by atoms with Crippen molar-refractivity contribution in [3.63, 3.8) is 0 Å². The van der Waals surface area contributed by atoms with Crippen LogP contribution in [0.1, 0.15) is 16.7 Å². The van der Waals surface area contributed by atoms with Crippen LogP contribution in [0.3, 0.4) is 0 Å². The van der Waals surface area contributed by atoms with Crippen LogP contribution in [-0.2, 0) is 12.7 Å². The summed E-state index contributed by atoms with van der Waals surface area (Å²) < 4.78 is 40.5. The number of nitrogens with one attached hydrogen (secondary N) is 1. The lowest BCUT2D eigenvalue weighted by molar-refractivity contribution is -0.138. The summed E-state index contributed by atoms with van der Waals surface area (Å²) in [6.45, 7) is 1.39. The first-order valence-corrected chi connectivity index (χ1v) is 7.67. The number of rotatable bonds is 3. The Kier molecular flexibility index (Phi) is 4.50. The van der Waals surface area contributed by atoms with Crippen LogP contribution >= 0.6 is 0 Å². The SMILES string of the molecule is Cc1c(-c2ccn(Cc3ccccc3C(F)(F)F)c(=O)c2)cn[nH]c1=O. The summed E-state index contributed by atoms with van der Waals surface area (Å²) >= 11 is 0. The zero-order chi connectivity index (χ0) is 18.9. The number of hydrogen-bond acceptors (Lipinski definition) is 3. The van der Waals surface area contributed by atoms with Crippen LogP contribution in [0.5, 0.6) is 0 Å². The van der Waals surface area contributed by atoms with Crippen molar-refractivity contribution in [2.45, 2.75) is 19.6 Å². The van der Waals surface area contributed by atoms with E-state index in [9.17, 15) is 22.8 Å². The molecule has 3 rings (SSSR count).